The molecular weight excluding hydrogens is 531 g/mol. The van der Waals surface area contributed by atoms with Gasteiger partial charge in [-0.1, -0.05) is 23.8 Å². The first kappa shape index (κ1) is 25.8. The van der Waals surface area contributed by atoms with Crippen molar-refractivity contribution < 1.29 is 13.2 Å². The average molecular weight is 560 g/mol. The van der Waals surface area contributed by atoms with Crippen molar-refractivity contribution in [2.24, 2.45) is 5.73 Å². The summed E-state index contributed by atoms with van der Waals surface area (Å²) in [6.07, 6.45) is 4.29. The molecule has 0 radical (unpaired) electrons. The van der Waals surface area contributed by atoms with Crippen LogP contribution in [0.3, 0.4) is 0 Å². The van der Waals surface area contributed by atoms with Crippen molar-refractivity contribution >= 4 is 59.6 Å². The van der Waals surface area contributed by atoms with E-state index in [1.54, 1.807) is 35.7 Å². The Kier molecular flexibility index (Phi) is 7.86. The number of unbranched alkanes of at least 4 members (excludes halogenated alkanes) is 2. The van der Waals surface area contributed by atoms with Gasteiger partial charge in [-0.3, -0.25) is 24.4 Å². The standard InChI is InChI=1S/C24H29N7O3S3/c25-9-2-1-3-10-30-11-5-12-31-18(16-30)15-20(28-31)23(32)27-24-26-19-8-7-17(14-21(19)36-24)29-37(33,34)22-6-4-13-35-22/h4,6-8,13-15,29H,1-3,5,9-12,16,25H2,(H,26,27,32). The van der Waals surface area contributed by atoms with Crippen LogP contribution in [-0.2, 0) is 23.1 Å². The van der Waals surface area contributed by atoms with Gasteiger partial charge in [-0.2, -0.15) is 5.10 Å². The lowest BCUT2D eigenvalue weighted by molar-refractivity contribution is 0.102. The highest BCUT2D eigenvalue weighted by atomic mass is 32.2. The molecule has 1 aromatic carbocycles. The van der Waals surface area contributed by atoms with Crippen molar-refractivity contribution in [3.63, 3.8) is 0 Å². The summed E-state index contributed by atoms with van der Waals surface area (Å²) in [4.78, 5) is 19.9. The minimum atomic E-state index is -3.64. The number of fused-ring (bicyclic) bond motifs is 2. The van der Waals surface area contributed by atoms with Crippen LogP contribution < -0.4 is 15.8 Å². The van der Waals surface area contributed by atoms with Gasteiger partial charge in [-0.15, -0.1) is 11.3 Å². The largest absolute Gasteiger partial charge is 0.330 e. The Morgan fingerprint density at radius 3 is 2.84 bits per heavy atom. The number of benzene rings is 1. The molecule has 10 nitrogen and oxygen atoms in total. The lowest BCUT2D eigenvalue weighted by Gasteiger charge is -2.19. The second-order valence-corrected chi connectivity index (χ2v) is 12.8. The first-order valence-electron chi connectivity index (χ1n) is 12.2. The molecule has 196 valence electrons. The molecule has 4 heterocycles. The van der Waals surface area contributed by atoms with E-state index in [0.717, 1.165) is 80.1 Å². The fraction of sp³-hybridized carbons (Fsp3) is 0.375. The molecule has 13 heteroatoms. The molecule has 0 fully saturated rings. The predicted octanol–water partition coefficient (Wildman–Crippen LogP) is 3.94. The van der Waals surface area contributed by atoms with Gasteiger partial charge in [0.1, 0.15) is 4.21 Å². The van der Waals surface area contributed by atoms with Crippen molar-refractivity contribution in [1.29, 1.82) is 0 Å². The second-order valence-electron chi connectivity index (χ2n) is 8.92. The van der Waals surface area contributed by atoms with Crippen molar-refractivity contribution in [2.75, 3.05) is 29.7 Å². The van der Waals surface area contributed by atoms with Gasteiger partial charge in [0.25, 0.3) is 15.9 Å². The zero-order chi connectivity index (χ0) is 25.8. The van der Waals surface area contributed by atoms with E-state index in [2.05, 4.69) is 25.0 Å². The number of anilines is 2. The lowest BCUT2D eigenvalue weighted by atomic mass is 10.2. The molecule has 1 amide bonds. The summed E-state index contributed by atoms with van der Waals surface area (Å²) < 4.78 is 30.6. The summed E-state index contributed by atoms with van der Waals surface area (Å²) in [6, 6.07) is 10.2. The van der Waals surface area contributed by atoms with E-state index in [1.165, 1.54) is 11.3 Å². The highest BCUT2D eigenvalue weighted by Gasteiger charge is 2.21. The maximum Gasteiger partial charge on any atom is 0.277 e. The fourth-order valence-electron chi connectivity index (χ4n) is 4.31. The third-order valence-electron chi connectivity index (χ3n) is 6.13. The van der Waals surface area contributed by atoms with Gasteiger partial charge in [0, 0.05) is 19.6 Å². The van der Waals surface area contributed by atoms with Gasteiger partial charge in [0.05, 0.1) is 21.6 Å². The number of thiophene rings is 1. The van der Waals surface area contributed by atoms with Crippen LogP contribution in [0.5, 0.6) is 0 Å². The maximum absolute atomic E-state index is 13.0. The Labute approximate surface area is 223 Å². The molecule has 1 aliphatic rings. The first-order chi connectivity index (χ1) is 17.9. The number of nitrogens with two attached hydrogens (primary N) is 1. The number of nitrogens with zero attached hydrogens (tertiary/aromatic N) is 4. The smallest absolute Gasteiger partial charge is 0.277 e. The minimum absolute atomic E-state index is 0.248. The molecular formula is C24H29N7O3S3. The topological polar surface area (TPSA) is 135 Å². The molecule has 5 rings (SSSR count). The summed E-state index contributed by atoms with van der Waals surface area (Å²) in [5, 5.41) is 9.55. The van der Waals surface area contributed by atoms with Gasteiger partial charge in [0.15, 0.2) is 10.8 Å². The van der Waals surface area contributed by atoms with Crippen LogP contribution in [0.2, 0.25) is 0 Å². The molecule has 0 aliphatic carbocycles. The molecule has 0 bridgehead atoms. The van der Waals surface area contributed by atoms with Gasteiger partial charge in [0.2, 0.25) is 0 Å². The van der Waals surface area contributed by atoms with Gasteiger partial charge in [-0.25, -0.2) is 13.4 Å². The molecule has 0 spiro atoms. The van der Waals surface area contributed by atoms with Crippen molar-refractivity contribution in [3.8, 4) is 0 Å². The fourth-order valence-corrected chi connectivity index (χ4v) is 7.25. The monoisotopic (exact) mass is 559 g/mol. The average Bonchev–Trinajstić information content (AvgIpc) is 3.60. The quantitative estimate of drug-likeness (QED) is 0.250. The Morgan fingerprint density at radius 2 is 2.03 bits per heavy atom. The first-order valence-corrected chi connectivity index (χ1v) is 15.4. The zero-order valence-electron chi connectivity index (χ0n) is 20.2. The summed E-state index contributed by atoms with van der Waals surface area (Å²) in [7, 11) is -3.64. The molecule has 4 N–H and O–H groups in total. The lowest BCUT2D eigenvalue weighted by Crippen LogP contribution is -2.24. The molecule has 0 saturated carbocycles. The molecule has 0 unspecified atom stereocenters. The van der Waals surface area contributed by atoms with Crippen LogP contribution in [0.25, 0.3) is 10.2 Å². The zero-order valence-corrected chi connectivity index (χ0v) is 22.7. The summed E-state index contributed by atoms with van der Waals surface area (Å²) in [5.74, 6) is -0.312. The number of nitrogens with one attached hydrogen (secondary N) is 2. The Hall–Kier alpha value is -2.84. The number of carbonyl (C=O) groups excluding carboxylic acids is 1. The van der Waals surface area contributed by atoms with E-state index in [1.807, 2.05) is 10.7 Å². The van der Waals surface area contributed by atoms with Crippen LogP contribution >= 0.6 is 22.7 Å². The molecule has 37 heavy (non-hydrogen) atoms. The third-order valence-corrected chi connectivity index (χ3v) is 9.84. The predicted molar refractivity (Wildman–Crippen MR) is 148 cm³/mol. The molecule has 3 aromatic heterocycles. The molecule has 0 saturated heterocycles. The number of aromatic nitrogens is 3. The Balaban J connectivity index is 1.25. The van der Waals surface area contributed by atoms with E-state index in [0.29, 0.717) is 22.0 Å². The third kappa shape index (κ3) is 6.18. The van der Waals surface area contributed by atoms with Crippen molar-refractivity contribution in [2.45, 2.75) is 43.0 Å². The number of amides is 1. The number of aryl methyl sites for hydroxylation is 1. The van der Waals surface area contributed by atoms with Crippen LogP contribution in [0.4, 0.5) is 10.8 Å². The Morgan fingerprint density at radius 1 is 1.14 bits per heavy atom. The van der Waals surface area contributed by atoms with Crippen molar-refractivity contribution in [3.05, 3.63) is 53.2 Å². The van der Waals surface area contributed by atoms with E-state index < -0.39 is 10.0 Å². The number of carbonyl (C=O) groups is 1. The Bertz CT molecular complexity index is 1480. The second kappa shape index (κ2) is 11.3. The minimum Gasteiger partial charge on any atom is -0.330 e. The number of rotatable bonds is 10. The highest BCUT2D eigenvalue weighted by molar-refractivity contribution is 7.94. The van der Waals surface area contributed by atoms with Gasteiger partial charge in [-0.05, 0) is 68.1 Å². The number of hydrogen-bond donors (Lipinski definition) is 3. The van der Waals surface area contributed by atoms with Crippen LogP contribution in [-0.4, -0.2) is 53.6 Å². The maximum atomic E-state index is 13.0. The van der Waals surface area contributed by atoms with Gasteiger partial charge >= 0.3 is 0 Å². The van der Waals surface area contributed by atoms with E-state index in [9.17, 15) is 13.2 Å². The highest BCUT2D eigenvalue weighted by Crippen LogP contribution is 2.30. The van der Waals surface area contributed by atoms with Crippen molar-refractivity contribution in [1.82, 2.24) is 19.7 Å². The van der Waals surface area contributed by atoms with Crippen LogP contribution in [0.15, 0.2) is 46.0 Å². The normalized spacial score (nSPS) is 14.4. The molecule has 0 atom stereocenters. The SMILES string of the molecule is NCCCCCN1CCCn2nc(C(=O)Nc3nc4ccc(NS(=O)(=O)c5cccs5)cc4s3)cc2C1. The summed E-state index contributed by atoms with van der Waals surface area (Å²) in [5.41, 5.74) is 8.11. The number of sulfonamides is 1. The van der Waals surface area contributed by atoms with Gasteiger partial charge < -0.3 is 5.73 Å². The number of hydrogen-bond acceptors (Lipinski definition) is 9. The molecule has 1 aliphatic heterocycles. The number of thiazole rings is 1. The summed E-state index contributed by atoms with van der Waals surface area (Å²) >= 11 is 2.44. The van der Waals surface area contributed by atoms with Crippen LogP contribution in [0.1, 0.15) is 41.9 Å². The van der Waals surface area contributed by atoms with Crippen LogP contribution in [0, 0.1) is 0 Å². The van der Waals surface area contributed by atoms with E-state index in [-0.39, 0.29) is 10.1 Å². The van der Waals surface area contributed by atoms with E-state index >= 15 is 0 Å². The molecule has 4 aromatic rings. The van der Waals surface area contributed by atoms with E-state index in [4.69, 9.17) is 5.73 Å². The summed E-state index contributed by atoms with van der Waals surface area (Å²) in [6.45, 7) is 4.32.